The Hall–Kier alpha value is -2.75. The first-order valence-electron chi connectivity index (χ1n) is 11.8. The van der Waals surface area contributed by atoms with Gasteiger partial charge in [0.2, 0.25) is 0 Å². The number of amides is 1. The summed E-state index contributed by atoms with van der Waals surface area (Å²) in [5.41, 5.74) is -1.35. The smallest absolute Gasteiger partial charge is 0.431 e. The first-order chi connectivity index (χ1) is 16.5. The molecule has 1 amide bonds. The van der Waals surface area contributed by atoms with Crippen LogP contribution in [-0.2, 0) is 18.3 Å². The van der Waals surface area contributed by atoms with Crippen LogP contribution in [0.25, 0.3) is 0 Å². The lowest BCUT2D eigenvalue weighted by molar-refractivity contribution is -0.144. The molecule has 0 N–H and O–H groups in total. The molecule has 1 fully saturated rings. The normalized spacial score (nSPS) is 18.9. The van der Waals surface area contributed by atoms with Crippen molar-refractivity contribution in [1.82, 2.24) is 14.4 Å². The number of halogens is 4. The van der Waals surface area contributed by atoms with E-state index in [0.717, 1.165) is 11.0 Å². The maximum absolute atomic E-state index is 14.9. The molecule has 2 aliphatic rings. The highest BCUT2D eigenvalue weighted by Gasteiger charge is 2.49. The van der Waals surface area contributed by atoms with Gasteiger partial charge < -0.3 is 18.9 Å². The van der Waals surface area contributed by atoms with Crippen molar-refractivity contribution in [1.29, 1.82) is 0 Å². The van der Waals surface area contributed by atoms with Gasteiger partial charge in [0.15, 0.2) is 11.5 Å². The first-order valence-corrected chi connectivity index (χ1v) is 11.8. The van der Waals surface area contributed by atoms with E-state index in [0.29, 0.717) is 55.6 Å². The molecule has 0 radical (unpaired) electrons. The second-order valence-electron chi connectivity index (χ2n) is 9.32. The number of aromatic nitrogens is 1. The van der Waals surface area contributed by atoms with Crippen LogP contribution < -0.4 is 9.47 Å². The molecule has 35 heavy (non-hydrogen) atoms. The molecule has 6 nitrogen and oxygen atoms in total. The minimum atomic E-state index is -4.63. The van der Waals surface area contributed by atoms with Gasteiger partial charge >= 0.3 is 6.18 Å². The molecule has 0 bridgehead atoms. The number of likely N-dealkylation sites (tertiary alicyclic amines) is 1. The second-order valence-corrected chi connectivity index (χ2v) is 9.32. The molecule has 2 aromatic rings. The zero-order valence-corrected chi connectivity index (χ0v) is 20.4. The fourth-order valence-electron chi connectivity index (χ4n) is 5.18. The van der Waals surface area contributed by atoms with Crippen molar-refractivity contribution in [3.63, 3.8) is 0 Å². The summed E-state index contributed by atoms with van der Waals surface area (Å²) >= 11 is 0. The van der Waals surface area contributed by atoms with E-state index in [4.69, 9.17) is 9.47 Å². The van der Waals surface area contributed by atoms with Gasteiger partial charge in [0.05, 0.1) is 24.4 Å². The minimum Gasteiger partial charge on any atom is -0.493 e. The monoisotopic (exact) mass is 497 g/mol. The van der Waals surface area contributed by atoms with Gasteiger partial charge in [-0.05, 0) is 51.4 Å². The van der Waals surface area contributed by atoms with E-state index in [-0.39, 0.29) is 24.2 Å². The number of carbonyl (C=O) groups excluding carboxylic acids is 1. The summed E-state index contributed by atoms with van der Waals surface area (Å²) in [7, 11) is 3.32. The quantitative estimate of drug-likeness (QED) is 0.551. The third-order valence-electron chi connectivity index (χ3n) is 7.36. The highest BCUT2D eigenvalue weighted by molar-refractivity contribution is 5.95. The first kappa shape index (κ1) is 25.3. The van der Waals surface area contributed by atoms with E-state index in [1.807, 2.05) is 25.8 Å². The van der Waals surface area contributed by atoms with Gasteiger partial charge in [-0.3, -0.25) is 9.69 Å². The Morgan fingerprint density at radius 3 is 2.40 bits per heavy atom. The van der Waals surface area contributed by atoms with Crippen LogP contribution in [0.1, 0.15) is 54.9 Å². The molecule has 10 heteroatoms. The molecule has 192 valence electrons. The van der Waals surface area contributed by atoms with Crippen molar-refractivity contribution in [3.05, 3.63) is 47.0 Å². The van der Waals surface area contributed by atoms with Crippen molar-refractivity contribution in [2.24, 2.45) is 0 Å². The summed E-state index contributed by atoms with van der Waals surface area (Å²) in [4.78, 5) is 16.8. The van der Waals surface area contributed by atoms with E-state index in [2.05, 4.69) is 0 Å². The predicted molar refractivity (Wildman–Crippen MR) is 122 cm³/mol. The standard InChI is InChI=1S/C25H31F4N3O3/c1-5-16(2)35-19-7-6-17(14-20(19)34-4)23(33)31-10-8-24(9-11-31)22-18(26)15-21(25(27,28)29)32(22)13-12-30(24)3/h6-7,14-16H,5,8-13H2,1-4H3/t16-/m0/s1. The third-order valence-corrected chi connectivity index (χ3v) is 7.36. The Kier molecular flexibility index (Phi) is 6.78. The molecule has 0 aliphatic carbocycles. The zero-order valence-electron chi connectivity index (χ0n) is 20.4. The van der Waals surface area contributed by atoms with Gasteiger partial charge in [-0.1, -0.05) is 6.92 Å². The summed E-state index contributed by atoms with van der Waals surface area (Å²) in [5, 5.41) is 0. The van der Waals surface area contributed by atoms with Gasteiger partial charge in [-0.2, -0.15) is 13.2 Å². The fourth-order valence-corrected chi connectivity index (χ4v) is 5.18. The largest absolute Gasteiger partial charge is 0.493 e. The lowest BCUT2D eigenvalue weighted by Crippen LogP contribution is -2.57. The summed E-state index contributed by atoms with van der Waals surface area (Å²) in [6, 6.07) is 5.63. The number of ether oxygens (including phenoxy) is 2. The van der Waals surface area contributed by atoms with Crippen molar-refractivity contribution in [2.45, 2.75) is 57.5 Å². The predicted octanol–water partition coefficient (Wildman–Crippen LogP) is 4.91. The Bertz CT molecular complexity index is 1090. The molecule has 1 saturated heterocycles. The number of methoxy groups -OCH3 is 1. The summed E-state index contributed by atoms with van der Waals surface area (Å²) in [5.74, 6) is -0.0448. The number of alkyl halides is 3. The summed E-state index contributed by atoms with van der Waals surface area (Å²) in [6.07, 6.45) is -3.15. The van der Waals surface area contributed by atoms with E-state index >= 15 is 0 Å². The number of piperidine rings is 1. The van der Waals surface area contributed by atoms with E-state index in [1.165, 1.54) is 7.11 Å². The number of hydrogen-bond acceptors (Lipinski definition) is 4. The molecule has 2 aliphatic heterocycles. The SMILES string of the molecule is CC[C@H](C)Oc1ccc(C(=O)N2CCC3(CC2)c2c(F)cc(C(F)(F)F)n2CCN3C)cc1OC. The molecule has 4 rings (SSSR count). The maximum Gasteiger partial charge on any atom is 0.431 e. The number of hydrogen-bond donors (Lipinski definition) is 0. The molecular weight excluding hydrogens is 466 g/mol. The van der Waals surface area contributed by atoms with Gasteiger partial charge in [-0.15, -0.1) is 0 Å². The number of fused-ring (bicyclic) bond motifs is 2. The van der Waals surface area contributed by atoms with Crippen LogP contribution in [0.5, 0.6) is 11.5 Å². The zero-order chi connectivity index (χ0) is 25.5. The average Bonchev–Trinajstić information content (AvgIpc) is 3.19. The van der Waals surface area contributed by atoms with Gasteiger partial charge in [0.1, 0.15) is 11.5 Å². The highest BCUT2D eigenvalue weighted by atomic mass is 19.4. The lowest BCUT2D eigenvalue weighted by Gasteiger charge is -2.50. The van der Waals surface area contributed by atoms with Crippen LogP contribution in [0.15, 0.2) is 24.3 Å². The average molecular weight is 498 g/mol. The number of likely N-dealkylation sites (N-methyl/N-ethyl adjacent to an activating group) is 1. The number of nitrogens with zero attached hydrogens (tertiary/aromatic N) is 3. The Labute approximate surface area is 202 Å². The van der Waals surface area contributed by atoms with Crippen molar-refractivity contribution >= 4 is 5.91 Å². The van der Waals surface area contributed by atoms with E-state index in [1.54, 1.807) is 23.1 Å². The molecule has 0 unspecified atom stereocenters. The van der Waals surface area contributed by atoms with Crippen LogP contribution in [0.3, 0.4) is 0 Å². The maximum atomic E-state index is 14.9. The number of carbonyl (C=O) groups is 1. The van der Waals surface area contributed by atoms with Crippen molar-refractivity contribution < 1.29 is 31.8 Å². The van der Waals surface area contributed by atoms with Crippen LogP contribution in [0.2, 0.25) is 0 Å². The Morgan fingerprint density at radius 2 is 1.80 bits per heavy atom. The van der Waals surface area contributed by atoms with E-state index in [9.17, 15) is 22.4 Å². The molecular formula is C25H31F4N3O3. The highest BCUT2D eigenvalue weighted by Crippen LogP contribution is 2.45. The summed E-state index contributed by atoms with van der Waals surface area (Å²) < 4.78 is 67.8. The van der Waals surface area contributed by atoms with E-state index < -0.39 is 23.2 Å². The number of benzene rings is 1. The van der Waals surface area contributed by atoms with Crippen LogP contribution in [0.4, 0.5) is 17.6 Å². The fraction of sp³-hybridized carbons (Fsp3) is 0.560. The van der Waals surface area contributed by atoms with Gasteiger partial charge in [0.25, 0.3) is 5.91 Å². The van der Waals surface area contributed by atoms with Crippen molar-refractivity contribution in [3.8, 4) is 11.5 Å². The molecule has 0 saturated carbocycles. The van der Waals surface area contributed by atoms with Crippen LogP contribution in [-0.4, -0.2) is 60.2 Å². The second kappa shape index (κ2) is 9.37. The third kappa shape index (κ3) is 4.48. The Balaban J connectivity index is 1.55. The van der Waals surface area contributed by atoms with Crippen LogP contribution >= 0.6 is 0 Å². The molecule has 1 spiro atoms. The summed E-state index contributed by atoms with van der Waals surface area (Å²) in [6.45, 7) is 4.98. The molecule has 1 atom stereocenters. The Morgan fingerprint density at radius 1 is 1.11 bits per heavy atom. The van der Waals surface area contributed by atoms with Gasteiger partial charge in [0, 0.05) is 37.8 Å². The molecule has 3 heterocycles. The van der Waals surface area contributed by atoms with Crippen LogP contribution in [0, 0.1) is 5.82 Å². The van der Waals surface area contributed by atoms with Gasteiger partial charge in [-0.25, -0.2) is 4.39 Å². The topological polar surface area (TPSA) is 46.9 Å². The number of rotatable bonds is 5. The van der Waals surface area contributed by atoms with Crippen molar-refractivity contribution in [2.75, 3.05) is 33.8 Å². The lowest BCUT2D eigenvalue weighted by atomic mass is 9.81. The minimum absolute atomic E-state index is 0.00609. The molecule has 1 aromatic heterocycles. The molecule has 1 aromatic carbocycles.